The second-order valence-corrected chi connectivity index (χ2v) is 5.55. The summed E-state index contributed by atoms with van der Waals surface area (Å²) in [5.41, 5.74) is 1.25. The number of carbonyl (C=O) groups is 1. The van der Waals surface area contributed by atoms with Crippen molar-refractivity contribution in [2.45, 2.75) is 24.3 Å². The summed E-state index contributed by atoms with van der Waals surface area (Å²) in [6.45, 7) is 8.17. The van der Waals surface area contributed by atoms with E-state index in [1.165, 1.54) is 5.56 Å². The van der Waals surface area contributed by atoms with Crippen LogP contribution in [0.4, 0.5) is 0 Å². The Morgan fingerprint density at radius 2 is 2.06 bits per heavy atom. The van der Waals surface area contributed by atoms with Crippen LogP contribution in [0, 0.1) is 0 Å². The highest BCUT2D eigenvalue weighted by Gasteiger charge is 2.16. The van der Waals surface area contributed by atoms with Gasteiger partial charge in [0, 0.05) is 11.8 Å². The Morgan fingerprint density at radius 1 is 1.41 bits per heavy atom. The van der Waals surface area contributed by atoms with Crippen molar-refractivity contribution in [2.24, 2.45) is 0 Å². The van der Waals surface area contributed by atoms with E-state index >= 15 is 0 Å². The quantitative estimate of drug-likeness (QED) is 0.785. The second kappa shape index (κ2) is 7.17. The number of nitrogens with one attached hydrogen (secondary N) is 1. The van der Waals surface area contributed by atoms with Crippen LogP contribution in [0.3, 0.4) is 0 Å². The molecule has 1 aromatic rings. The average Bonchev–Trinajstić information content (AvgIpc) is 2.36. The molecule has 0 heterocycles. The fourth-order valence-corrected chi connectivity index (χ4v) is 2.62. The molecular formula is C14H19NOS. The van der Waals surface area contributed by atoms with E-state index in [0.29, 0.717) is 11.8 Å². The third kappa shape index (κ3) is 4.65. The third-order valence-electron chi connectivity index (χ3n) is 2.47. The summed E-state index contributed by atoms with van der Waals surface area (Å²) in [6, 6.07) is 10.2. The molecule has 0 aliphatic heterocycles. The molecule has 0 bridgehead atoms. The SMILES string of the molecule is C=CCNC(=O)C(C)SC(C)c1ccccc1. The van der Waals surface area contributed by atoms with E-state index in [4.69, 9.17) is 0 Å². The minimum absolute atomic E-state index is 0.0508. The van der Waals surface area contributed by atoms with Gasteiger partial charge >= 0.3 is 0 Å². The predicted octanol–water partition coefficient (Wildman–Crippen LogP) is 3.17. The lowest BCUT2D eigenvalue weighted by Crippen LogP contribution is -2.31. The summed E-state index contributed by atoms with van der Waals surface area (Å²) in [7, 11) is 0. The first-order chi connectivity index (χ1) is 8.15. The van der Waals surface area contributed by atoms with Crippen LogP contribution < -0.4 is 5.32 Å². The maximum Gasteiger partial charge on any atom is 0.233 e. The van der Waals surface area contributed by atoms with Gasteiger partial charge in [0.2, 0.25) is 5.91 Å². The van der Waals surface area contributed by atoms with E-state index in [9.17, 15) is 4.79 Å². The number of amides is 1. The van der Waals surface area contributed by atoms with Crippen molar-refractivity contribution in [2.75, 3.05) is 6.54 Å². The van der Waals surface area contributed by atoms with Gasteiger partial charge in [0.1, 0.15) is 0 Å². The van der Waals surface area contributed by atoms with Gasteiger partial charge in [0.25, 0.3) is 0 Å². The minimum Gasteiger partial charge on any atom is -0.352 e. The van der Waals surface area contributed by atoms with Gasteiger partial charge in [-0.1, -0.05) is 36.4 Å². The van der Waals surface area contributed by atoms with Gasteiger partial charge in [-0.15, -0.1) is 18.3 Å². The van der Waals surface area contributed by atoms with E-state index in [-0.39, 0.29) is 11.2 Å². The van der Waals surface area contributed by atoms with Crippen LogP contribution in [0.2, 0.25) is 0 Å². The molecule has 1 N–H and O–H groups in total. The number of hydrogen-bond donors (Lipinski definition) is 1. The highest BCUT2D eigenvalue weighted by molar-refractivity contribution is 8.00. The van der Waals surface area contributed by atoms with Crippen molar-refractivity contribution in [1.29, 1.82) is 0 Å². The predicted molar refractivity (Wildman–Crippen MR) is 75.1 cm³/mol. The van der Waals surface area contributed by atoms with Crippen LogP contribution in [0.5, 0.6) is 0 Å². The molecule has 0 fully saturated rings. The van der Waals surface area contributed by atoms with Crippen LogP contribution in [-0.4, -0.2) is 17.7 Å². The zero-order valence-electron chi connectivity index (χ0n) is 10.3. The van der Waals surface area contributed by atoms with Gasteiger partial charge in [-0.05, 0) is 19.4 Å². The summed E-state index contributed by atoms with van der Waals surface area (Å²) in [6.07, 6.45) is 1.69. The Bertz CT molecular complexity index is 364. The van der Waals surface area contributed by atoms with Crippen LogP contribution in [-0.2, 0) is 4.79 Å². The molecule has 1 amide bonds. The molecule has 2 atom stereocenters. The number of thioether (sulfide) groups is 1. The van der Waals surface area contributed by atoms with Gasteiger partial charge in [-0.2, -0.15) is 0 Å². The molecule has 1 rings (SSSR count). The first kappa shape index (κ1) is 13.8. The van der Waals surface area contributed by atoms with Crippen molar-refractivity contribution < 1.29 is 4.79 Å². The number of carbonyl (C=O) groups excluding carboxylic acids is 1. The van der Waals surface area contributed by atoms with Gasteiger partial charge in [-0.25, -0.2) is 0 Å². The van der Waals surface area contributed by atoms with Crippen molar-refractivity contribution in [3.8, 4) is 0 Å². The van der Waals surface area contributed by atoms with Crippen molar-refractivity contribution in [3.63, 3.8) is 0 Å². The average molecular weight is 249 g/mol. The molecule has 0 saturated heterocycles. The van der Waals surface area contributed by atoms with Gasteiger partial charge in [0.05, 0.1) is 5.25 Å². The van der Waals surface area contributed by atoms with E-state index in [1.54, 1.807) is 17.8 Å². The fourth-order valence-electron chi connectivity index (χ4n) is 1.49. The smallest absolute Gasteiger partial charge is 0.233 e. The second-order valence-electron chi connectivity index (χ2n) is 3.87. The maximum absolute atomic E-state index is 11.7. The Morgan fingerprint density at radius 3 is 2.65 bits per heavy atom. The topological polar surface area (TPSA) is 29.1 Å². The molecule has 0 aliphatic carbocycles. The molecule has 0 spiro atoms. The normalized spacial score (nSPS) is 13.8. The summed E-state index contributed by atoms with van der Waals surface area (Å²) in [5.74, 6) is 0.0673. The lowest BCUT2D eigenvalue weighted by atomic mass is 10.2. The largest absolute Gasteiger partial charge is 0.352 e. The van der Waals surface area contributed by atoms with Crippen LogP contribution in [0.25, 0.3) is 0 Å². The van der Waals surface area contributed by atoms with Gasteiger partial charge in [-0.3, -0.25) is 4.79 Å². The molecule has 2 nitrogen and oxygen atoms in total. The Balaban J connectivity index is 2.48. The monoisotopic (exact) mass is 249 g/mol. The van der Waals surface area contributed by atoms with Crippen molar-refractivity contribution in [3.05, 3.63) is 48.6 Å². The molecule has 0 saturated carbocycles. The highest BCUT2D eigenvalue weighted by Crippen LogP contribution is 2.31. The van der Waals surface area contributed by atoms with Crippen LogP contribution in [0.15, 0.2) is 43.0 Å². The van der Waals surface area contributed by atoms with E-state index in [2.05, 4.69) is 31.0 Å². The Kier molecular flexibility index (Phi) is 5.84. The Labute approximate surface area is 107 Å². The standard InChI is InChI=1S/C14H19NOS/c1-4-10-15-14(16)12(3)17-11(2)13-8-6-5-7-9-13/h4-9,11-12H,1,10H2,2-3H3,(H,15,16). The van der Waals surface area contributed by atoms with Crippen molar-refractivity contribution in [1.82, 2.24) is 5.32 Å². The Hall–Kier alpha value is -1.22. The molecule has 0 aliphatic rings. The lowest BCUT2D eigenvalue weighted by molar-refractivity contribution is -0.120. The van der Waals surface area contributed by atoms with Crippen LogP contribution in [0.1, 0.15) is 24.7 Å². The fraction of sp³-hybridized carbons (Fsp3) is 0.357. The number of rotatable bonds is 6. The van der Waals surface area contributed by atoms with Crippen molar-refractivity contribution >= 4 is 17.7 Å². The molecule has 0 aromatic heterocycles. The summed E-state index contributed by atoms with van der Waals surface area (Å²) < 4.78 is 0. The van der Waals surface area contributed by atoms with Crippen LogP contribution >= 0.6 is 11.8 Å². The van der Waals surface area contributed by atoms with E-state index < -0.39 is 0 Å². The molecule has 1 aromatic carbocycles. The summed E-state index contributed by atoms with van der Waals surface area (Å²) in [4.78, 5) is 11.7. The molecule has 17 heavy (non-hydrogen) atoms. The molecule has 3 heteroatoms. The highest BCUT2D eigenvalue weighted by atomic mass is 32.2. The first-order valence-electron chi connectivity index (χ1n) is 5.74. The zero-order chi connectivity index (χ0) is 12.7. The maximum atomic E-state index is 11.7. The summed E-state index contributed by atoms with van der Waals surface area (Å²) >= 11 is 1.66. The third-order valence-corrected chi connectivity index (χ3v) is 3.77. The molecule has 92 valence electrons. The summed E-state index contributed by atoms with van der Waals surface area (Å²) in [5, 5.41) is 3.08. The van der Waals surface area contributed by atoms with E-state index in [0.717, 1.165) is 0 Å². The first-order valence-corrected chi connectivity index (χ1v) is 6.68. The lowest BCUT2D eigenvalue weighted by Gasteiger charge is -2.16. The molecule has 0 radical (unpaired) electrons. The minimum atomic E-state index is -0.0508. The zero-order valence-corrected chi connectivity index (χ0v) is 11.2. The molecular weight excluding hydrogens is 230 g/mol. The number of benzene rings is 1. The van der Waals surface area contributed by atoms with Gasteiger partial charge < -0.3 is 5.32 Å². The van der Waals surface area contributed by atoms with E-state index in [1.807, 2.05) is 25.1 Å². The number of hydrogen-bond acceptors (Lipinski definition) is 2. The molecule has 2 unspecified atom stereocenters. The van der Waals surface area contributed by atoms with Gasteiger partial charge in [0.15, 0.2) is 0 Å².